The van der Waals surface area contributed by atoms with Gasteiger partial charge in [0.2, 0.25) is 0 Å². The number of nitrogens with one attached hydrogen (secondary N) is 1. The van der Waals surface area contributed by atoms with E-state index in [0.29, 0.717) is 0 Å². The fourth-order valence-corrected chi connectivity index (χ4v) is 4.76. The largest absolute Gasteiger partial charge is 0.319 e. The quantitative estimate of drug-likeness (QED) is 0.712. The van der Waals surface area contributed by atoms with Crippen LogP contribution in [0.3, 0.4) is 0 Å². The third-order valence-electron chi connectivity index (χ3n) is 5.77. The summed E-state index contributed by atoms with van der Waals surface area (Å²) in [4.78, 5) is 0. The maximum absolute atomic E-state index is 3.45. The maximum Gasteiger partial charge on any atom is -0.00209 e. The van der Waals surface area contributed by atoms with E-state index in [0.717, 1.165) is 23.7 Å². The summed E-state index contributed by atoms with van der Waals surface area (Å²) in [7, 11) is 2.13. The van der Waals surface area contributed by atoms with Crippen molar-refractivity contribution < 1.29 is 0 Å². The van der Waals surface area contributed by atoms with Crippen LogP contribution in [0.4, 0.5) is 0 Å². The van der Waals surface area contributed by atoms with Gasteiger partial charge in [-0.15, -0.1) is 0 Å². The van der Waals surface area contributed by atoms with Crippen LogP contribution in [-0.2, 0) is 0 Å². The van der Waals surface area contributed by atoms with Gasteiger partial charge in [-0.1, -0.05) is 58.3 Å². The topological polar surface area (TPSA) is 12.0 Å². The van der Waals surface area contributed by atoms with E-state index in [4.69, 9.17) is 0 Å². The SMILES string of the molecule is CCCC1CCC(CNC)C(CC2CCCCC2)C1. The third kappa shape index (κ3) is 4.77. The maximum atomic E-state index is 3.45. The van der Waals surface area contributed by atoms with E-state index >= 15 is 0 Å². The molecule has 0 aromatic rings. The van der Waals surface area contributed by atoms with Crippen LogP contribution in [0, 0.1) is 23.7 Å². The smallest absolute Gasteiger partial charge is 0.00209 e. The Morgan fingerprint density at radius 2 is 1.68 bits per heavy atom. The first kappa shape index (κ1) is 15.4. The van der Waals surface area contributed by atoms with Crippen LogP contribution >= 0.6 is 0 Å². The average molecular weight is 265 g/mol. The van der Waals surface area contributed by atoms with Gasteiger partial charge in [-0.05, 0) is 56.5 Å². The predicted octanol–water partition coefficient (Wildman–Crippen LogP) is 5.01. The molecule has 0 amide bonds. The molecular weight excluding hydrogens is 230 g/mol. The van der Waals surface area contributed by atoms with Gasteiger partial charge in [0, 0.05) is 0 Å². The van der Waals surface area contributed by atoms with Crippen molar-refractivity contribution in [3.05, 3.63) is 0 Å². The lowest BCUT2D eigenvalue weighted by Crippen LogP contribution is -2.33. The summed E-state index contributed by atoms with van der Waals surface area (Å²) >= 11 is 0. The summed E-state index contributed by atoms with van der Waals surface area (Å²) in [6.07, 6.45) is 16.5. The van der Waals surface area contributed by atoms with Gasteiger partial charge >= 0.3 is 0 Å². The summed E-state index contributed by atoms with van der Waals surface area (Å²) in [5.74, 6) is 4.12. The molecule has 3 atom stereocenters. The van der Waals surface area contributed by atoms with E-state index in [1.807, 2.05) is 0 Å². The van der Waals surface area contributed by atoms with Gasteiger partial charge in [-0.25, -0.2) is 0 Å². The monoisotopic (exact) mass is 265 g/mol. The highest BCUT2D eigenvalue weighted by Gasteiger charge is 2.31. The molecule has 1 nitrogen and oxygen atoms in total. The van der Waals surface area contributed by atoms with E-state index in [1.54, 1.807) is 6.42 Å². The van der Waals surface area contributed by atoms with Gasteiger partial charge < -0.3 is 5.32 Å². The Morgan fingerprint density at radius 3 is 2.37 bits per heavy atom. The van der Waals surface area contributed by atoms with E-state index < -0.39 is 0 Å². The lowest BCUT2D eigenvalue weighted by atomic mass is 9.68. The molecule has 0 aromatic heterocycles. The lowest BCUT2D eigenvalue weighted by molar-refractivity contribution is 0.133. The second-order valence-corrected chi connectivity index (χ2v) is 7.29. The second-order valence-electron chi connectivity index (χ2n) is 7.29. The van der Waals surface area contributed by atoms with Gasteiger partial charge in [0.1, 0.15) is 0 Å². The Labute approximate surface area is 120 Å². The van der Waals surface area contributed by atoms with Gasteiger partial charge in [0.25, 0.3) is 0 Å². The normalized spacial score (nSPS) is 33.5. The van der Waals surface area contributed by atoms with Crippen molar-refractivity contribution in [1.29, 1.82) is 0 Å². The van der Waals surface area contributed by atoms with E-state index in [-0.39, 0.29) is 0 Å². The van der Waals surface area contributed by atoms with Crippen molar-refractivity contribution >= 4 is 0 Å². The number of hydrogen-bond donors (Lipinski definition) is 1. The van der Waals surface area contributed by atoms with Crippen LogP contribution in [0.15, 0.2) is 0 Å². The van der Waals surface area contributed by atoms with Crippen molar-refractivity contribution in [1.82, 2.24) is 5.32 Å². The molecule has 0 heterocycles. The molecular formula is C18H35N. The van der Waals surface area contributed by atoms with Crippen LogP contribution in [0.1, 0.15) is 77.6 Å². The van der Waals surface area contributed by atoms with Crippen LogP contribution in [-0.4, -0.2) is 13.6 Å². The summed E-state index contributed by atoms with van der Waals surface area (Å²) in [5, 5.41) is 3.45. The van der Waals surface area contributed by atoms with Gasteiger partial charge in [-0.2, -0.15) is 0 Å². The van der Waals surface area contributed by atoms with Crippen molar-refractivity contribution in [2.45, 2.75) is 77.6 Å². The molecule has 0 aliphatic heterocycles. The Hall–Kier alpha value is -0.0400. The van der Waals surface area contributed by atoms with Crippen LogP contribution in [0.2, 0.25) is 0 Å². The van der Waals surface area contributed by atoms with E-state index in [1.165, 1.54) is 70.8 Å². The van der Waals surface area contributed by atoms with E-state index in [9.17, 15) is 0 Å². The minimum atomic E-state index is 0.972. The summed E-state index contributed by atoms with van der Waals surface area (Å²) < 4.78 is 0. The highest BCUT2D eigenvalue weighted by atomic mass is 14.8. The number of hydrogen-bond acceptors (Lipinski definition) is 1. The highest BCUT2D eigenvalue weighted by Crippen LogP contribution is 2.41. The Balaban J connectivity index is 1.86. The average Bonchev–Trinajstić information content (AvgIpc) is 2.43. The predicted molar refractivity (Wildman–Crippen MR) is 84.3 cm³/mol. The third-order valence-corrected chi connectivity index (χ3v) is 5.77. The van der Waals surface area contributed by atoms with Crippen molar-refractivity contribution in [3.8, 4) is 0 Å². The molecule has 0 bridgehead atoms. The van der Waals surface area contributed by atoms with Crippen LogP contribution in [0.25, 0.3) is 0 Å². The molecule has 0 radical (unpaired) electrons. The first-order valence-electron chi connectivity index (χ1n) is 8.98. The van der Waals surface area contributed by atoms with Gasteiger partial charge in [-0.3, -0.25) is 0 Å². The second kappa shape index (κ2) is 8.29. The molecule has 3 unspecified atom stereocenters. The minimum absolute atomic E-state index is 0.972. The first-order chi connectivity index (χ1) is 9.33. The molecule has 2 fully saturated rings. The Morgan fingerprint density at radius 1 is 0.895 bits per heavy atom. The van der Waals surface area contributed by atoms with Crippen LogP contribution < -0.4 is 5.32 Å². The molecule has 2 aliphatic rings. The van der Waals surface area contributed by atoms with Gasteiger partial charge in [0.15, 0.2) is 0 Å². The summed E-state index contributed by atoms with van der Waals surface area (Å²) in [6.45, 7) is 3.62. The lowest BCUT2D eigenvalue weighted by Gasteiger charge is -2.39. The zero-order chi connectivity index (χ0) is 13.5. The highest BCUT2D eigenvalue weighted by molar-refractivity contribution is 4.83. The number of rotatable bonds is 6. The van der Waals surface area contributed by atoms with Gasteiger partial charge in [0.05, 0.1) is 0 Å². The molecule has 0 saturated heterocycles. The molecule has 2 aliphatic carbocycles. The molecule has 1 N–H and O–H groups in total. The molecule has 2 saturated carbocycles. The standard InChI is InChI=1S/C18H35N/c1-3-7-15-10-11-17(14-19-2)18(12-15)13-16-8-5-4-6-9-16/h15-19H,3-14H2,1-2H3. The first-order valence-corrected chi connectivity index (χ1v) is 8.98. The molecule has 2 rings (SSSR count). The molecule has 1 heteroatoms. The van der Waals surface area contributed by atoms with Crippen molar-refractivity contribution in [2.24, 2.45) is 23.7 Å². The molecule has 19 heavy (non-hydrogen) atoms. The molecule has 0 aromatic carbocycles. The molecule has 0 spiro atoms. The molecule has 112 valence electrons. The van der Waals surface area contributed by atoms with Crippen molar-refractivity contribution in [3.63, 3.8) is 0 Å². The van der Waals surface area contributed by atoms with Crippen molar-refractivity contribution in [2.75, 3.05) is 13.6 Å². The zero-order valence-corrected chi connectivity index (χ0v) is 13.3. The Bertz CT molecular complexity index is 232. The zero-order valence-electron chi connectivity index (χ0n) is 13.3. The van der Waals surface area contributed by atoms with E-state index in [2.05, 4.69) is 19.3 Å². The van der Waals surface area contributed by atoms with Crippen LogP contribution in [0.5, 0.6) is 0 Å². The Kier molecular flexibility index (Phi) is 6.70. The minimum Gasteiger partial charge on any atom is -0.319 e. The summed E-state index contributed by atoms with van der Waals surface area (Å²) in [5.41, 5.74) is 0. The fraction of sp³-hybridized carbons (Fsp3) is 1.00. The summed E-state index contributed by atoms with van der Waals surface area (Å²) in [6, 6.07) is 0. The fourth-order valence-electron chi connectivity index (χ4n) is 4.76.